The van der Waals surface area contributed by atoms with Gasteiger partial charge < -0.3 is 9.63 Å². The molecule has 4 aromatic rings. The van der Waals surface area contributed by atoms with Gasteiger partial charge in [-0.15, -0.1) is 0 Å². The molecule has 40 heavy (non-hydrogen) atoms. The molecule has 0 saturated heterocycles. The van der Waals surface area contributed by atoms with Gasteiger partial charge in [0.05, 0.1) is 5.56 Å². The van der Waals surface area contributed by atoms with Crippen LogP contribution in [-0.2, 0) is 11.0 Å². The van der Waals surface area contributed by atoms with Gasteiger partial charge in [0.25, 0.3) is 5.89 Å². The van der Waals surface area contributed by atoms with Gasteiger partial charge in [0.15, 0.2) is 0 Å². The van der Waals surface area contributed by atoms with Crippen LogP contribution in [0.2, 0.25) is 0 Å². The average molecular weight is 552 g/mol. The molecule has 1 unspecified atom stereocenters. The number of carbonyl (C=O) groups is 1. The first-order valence-corrected chi connectivity index (χ1v) is 12.8. The van der Waals surface area contributed by atoms with Crippen molar-refractivity contribution in [3.05, 3.63) is 83.4 Å². The number of alkyl halides is 3. The molecule has 4 rings (SSSR count). The first kappa shape index (κ1) is 29.0. The van der Waals surface area contributed by atoms with E-state index in [-0.39, 0.29) is 28.9 Å². The zero-order chi connectivity index (χ0) is 29.4. The monoisotopic (exact) mass is 551 g/mol. The fourth-order valence-electron chi connectivity index (χ4n) is 5.00. The van der Waals surface area contributed by atoms with E-state index in [0.29, 0.717) is 11.1 Å². The van der Waals surface area contributed by atoms with Gasteiger partial charge in [0, 0.05) is 17.2 Å². The summed E-state index contributed by atoms with van der Waals surface area (Å²) in [5, 5.41) is 13.8. The van der Waals surface area contributed by atoms with E-state index < -0.39 is 29.2 Å². The summed E-state index contributed by atoms with van der Waals surface area (Å²) in [6, 6.07) is 17.3. The molecule has 0 radical (unpaired) electrons. The van der Waals surface area contributed by atoms with Crippen LogP contribution in [0.25, 0.3) is 34.0 Å². The van der Waals surface area contributed by atoms with Gasteiger partial charge in [-0.2, -0.15) is 18.2 Å². The second-order valence-electron chi connectivity index (χ2n) is 11.1. The molecule has 0 bridgehead atoms. The standard InChI is InChI=1S/C31H32F3N3O3/c1-18-9-7-8-10-23(18)24-16-15-22(17-25(24)31(32,33)34)28-35-27(36-40-28)21-13-11-20(12-14-21)19(2)37(6)26(29(38)39)30(3,4)5/h7-17,19,26H,1-6H3,(H,38,39)/t19-,26?/m0/s1. The molecule has 0 aliphatic rings. The van der Waals surface area contributed by atoms with Crippen LogP contribution in [0.3, 0.4) is 0 Å². The molecule has 3 aromatic carbocycles. The highest BCUT2D eigenvalue weighted by molar-refractivity contribution is 5.75. The van der Waals surface area contributed by atoms with Gasteiger partial charge in [-0.05, 0) is 60.7 Å². The van der Waals surface area contributed by atoms with Crippen molar-refractivity contribution < 1.29 is 27.6 Å². The number of rotatable bonds is 7. The Morgan fingerprint density at radius 1 is 0.950 bits per heavy atom. The lowest BCUT2D eigenvalue weighted by atomic mass is 9.84. The van der Waals surface area contributed by atoms with Crippen molar-refractivity contribution in [2.24, 2.45) is 5.41 Å². The van der Waals surface area contributed by atoms with Crippen LogP contribution in [0.4, 0.5) is 13.2 Å². The van der Waals surface area contributed by atoms with E-state index in [9.17, 15) is 23.1 Å². The molecule has 0 aliphatic heterocycles. The molecule has 9 heteroatoms. The number of nitrogens with zero attached hydrogens (tertiary/aromatic N) is 3. The SMILES string of the molecule is Cc1ccccc1-c1ccc(-c2nc(-c3ccc([C@H](C)N(C)C(C(=O)O)C(C)(C)C)cc3)no2)cc1C(F)(F)F. The van der Waals surface area contributed by atoms with Gasteiger partial charge in [-0.25, -0.2) is 0 Å². The van der Waals surface area contributed by atoms with Crippen molar-refractivity contribution in [3.8, 4) is 34.0 Å². The quantitative estimate of drug-likeness (QED) is 0.252. The number of halogens is 3. The second kappa shape index (κ2) is 10.9. The summed E-state index contributed by atoms with van der Waals surface area (Å²) in [5.74, 6) is -0.681. The van der Waals surface area contributed by atoms with Crippen molar-refractivity contribution in [1.82, 2.24) is 15.0 Å². The zero-order valence-corrected chi connectivity index (χ0v) is 23.2. The molecule has 1 N–H and O–H groups in total. The van der Waals surface area contributed by atoms with Crippen molar-refractivity contribution in [1.29, 1.82) is 0 Å². The molecule has 0 amide bonds. The van der Waals surface area contributed by atoms with E-state index >= 15 is 0 Å². The van der Waals surface area contributed by atoms with Crippen LogP contribution in [0.5, 0.6) is 0 Å². The Bertz CT molecular complexity index is 1500. The summed E-state index contributed by atoms with van der Waals surface area (Å²) in [6.07, 6.45) is -4.58. The molecule has 2 atom stereocenters. The lowest BCUT2D eigenvalue weighted by Crippen LogP contribution is -2.48. The van der Waals surface area contributed by atoms with Crippen molar-refractivity contribution in [3.63, 3.8) is 0 Å². The van der Waals surface area contributed by atoms with Crippen LogP contribution in [0.1, 0.15) is 50.4 Å². The van der Waals surface area contributed by atoms with E-state index in [4.69, 9.17) is 4.52 Å². The van der Waals surface area contributed by atoms with Gasteiger partial charge in [-0.3, -0.25) is 9.69 Å². The van der Waals surface area contributed by atoms with E-state index in [1.54, 1.807) is 56.4 Å². The minimum Gasteiger partial charge on any atom is -0.480 e. The summed E-state index contributed by atoms with van der Waals surface area (Å²) in [7, 11) is 1.79. The van der Waals surface area contributed by atoms with Crippen LogP contribution < -0.4 is 0 Å². The van der Waals surface area contributed by atoms with E-state index in [1.165, 1.54) is 6.07 Å². The first-order chi connectivity index (χ1) is 18.7. The van der Waals surface area contributed by atoms with Crippen LogP contribution >= 0.6 is 0 Å². The Morgan fingerprint density at radius 3 is 2.15 bits per heavy atom. The maximum atomic E-state index is 14.0. The molecule has 0 spiro atoms. The molecular weight excluding hydrogens is 519 g/mol. The van der Waals surface area contributed by atoms with Crippen LogP contribution in [0.15, 0.2) is 71.3 Å². The molecule has 210 valence electrons. The first-order valence-electron chi connectivity index (χ1n) is 12.8. The number of aryl methyl sites for hydroxylation is 1. The van der Waals surface area contributed by atoms with Gasteiger partial charge in [-0.1, -0.05) is 80.5 Å². The zero-order valence-electron chi connectivity index (χ0n) is 23.2. The number of likely N-dealkylation sites (N-methyl/N-ethyl adjacent to an activating group) is 1. The summed E-state index contributed by atoms with van der Waals surface area (Å²) in [6.45, 7) is 9.37. The smallest absolute Gasteiger partial charge is 0.417 e. The molecule has 1 heterocycles. The molecule has 0 saturated carbocycles. The third-order valence-electron chi connectivity index (χ3n) is 7.16. The maximum absolute atomic E-state index is 14.0. The van der Waals surface area contributed by atoms with Crippen molar-refractivity contribution >= 4 is 5.97 Å². The molecule has 6 nitrogen and oxygen atoms in total. The Balaban J connectivity index is 1.61. The Labute approximate surface area is 231 Å². The number of hydrogen-bond acceptors (Lipinski definition) is 5. The predicted molar refractivity (Wildman–Crippen MR) is 147 cm³/mol. The lowest BCUT2D eigenvalue weighted by molar-refractivity contribution is -0.148. The van der Waals surface area contributed by atoms with Gasteiger partial charge in [0.1, 0.15) is 6.04 Å². The van der Waals surface area contributed by atoms with Gasteiger partial charge >= 0.3 is 12.1 Å². The Kier molecular flexibility index (Phi) is 7.90. The summed E-state index contributed by atoms with van der Waals surface area (Å²) in [4.78, 5) is 18.1. The van der Waals surface area contributed by atoms with E-state index in [0.717, 1.165) is 17.2 Å². The molecule has 1 aromatic heterocycles. The number of carboxylic acids is 1. The highest BCUT2D eigenvalue weighted by Gasteiger charge is 2.37. The summed E-state index contributed by atoms with van der Waals surface area (Å²) >= 11 is 0. The third kappa shape index (κ3) is 5.94. The Morgan fingerprint density at radius 2 is 1.57 bits per heavy atom. The molecular formula is C31H32F3N3O3. The fourth-order valence-corrected chi connectivity index (χ4v) is 5.00. The normalized spacial score (nSPS) is 13.8. The minimum atomic E-state index is -4.58. The van der Waals surface area contributed by atoms with Crippen LogP contribution in [-0.4, -0.2) is 39.2 Å². The van der Waals surface area contributed by atoms with Crippen LogP contribution in [0, 0.1) is 12.3 Å². The second-order valence-corrected chi connectivity index (χ2v) is 11.1. The largest absolute Gasteiger partial charge is 0.480 e. The Hall–Kier alpha value is -3.98. The van der Waals surface area contributed by atoms with E-state index in [2.05, 4.69) is 10.1 Å². The lowest BCUT2D eigenvalue weighted by Gasteiger charge is -2.38. The van der Waals surface area contributed by atoms with Crippen molar-refractivity contribution in [2.75, 3.05) is 7.05 Å². The third-order valence-corrected chi connectivity index (χ3v) is 7.16. The predicted octanol–water partition coefficient (Wildman–Crippen LogP) is 7.89. The van der Waals surface area contributed by atoms with Gasteiger partial charge in [0.2, 0.25) is 5.82 Å². The fraction of sp³-hybridized carbons (Fsp3) is 0.323. The van der Waals surface area contributed by atoms with Crippen molar-refractivity contribution in [2.45, 2.75) is 52.9 Å². The number of carboxylic acid groups (broad SMARTS) is 1. The average Bonchev–Trinajstić information content (AvgIpc) is 3.37. The molecule has 0 aliphatic carbocycles. The van der Waals surface area contributed by atoms with E-state index in [1.807, 2.05) is 44.7 Å². The summed E-state index contributed by atoms with van der Waals surface area (Å²) < 4.78 is 47.5. The topological polar surface area (TPSA) is 79.5 Å². The highest BCUT2D eigenvalue weighted by atomic mass is 19.4. The number of benzene rings is 3. The number of hydrogen-bond donors (Lipinski definition) is 1. The minimum absolute atomic E-state index is 0.0245. The number of aliphatic carboxylic acids is 1. The number of aromatic nitrogens is 2. The molecule has 0 fully saturated rings. The summed E-state index contributed by atoms with van der Waals surface area (Å²) in [5.41, 5.74) is 1.75. The highest BCUT2D eigenvalue weighted by Crippen LogP contribution is 2.40. The maximum Gasteiger partial charge on any atom is 0.417 e.